The standard InChI is InChI=1S/C20H33FN4/c1-5-22-20(23-13-17-8-7-11-25(6-2)14-17)24-16(4)18-10-9-15(3)19(21)12-18/h9-10,12,16-17H,5-8,11,13-14H2,1-4H3,(H2,22,23,24). The second-order valence-corrected chi connectivity index (χ2v) is 7.00. The van der Waals surface area contributed by atoms with Crippen molar-refractivity contribution in [1.82, 2.24) is 15.5 Å². The van der Waals surface area contributed by atoms with Crippen molar-refractivity contribution in [3.05, 3.63) is 35.1 Å². The van der Waals surface area contributed by atoms with Gasteiger partial charge in [-0.15, -0.1) is 0 Å². The summed E-state index contributed by atoms with van der Waals surface area (Å²) in [5, 5.41) is 6.71. The SMILES string of the molecule is CCNC(=NCC1CCCN(CC)C1)NC(C)c1ccc(C)c(F)c1. The van der Waals surface area contributed by atoms with E-state index in [4.69, 9.17) is 4.99 Å². The number of nitrogens with zero attached hydrogens (tertiary/aromatic N) is 2. The molecule has 1 aromatic carbocycles. The largest absolute Gasteiger partial charge is 0.357 e. The first-order valence-electron chi connectivity index (χ1n) is 9.56. The van der Waals surface area contributed by atoms with E-state index in [1.54, 1.807) is 13.0 Å². The highest BCUT2D eigenvalue weighted by atomic mass is 19.1. The molecule has 0 saturated carbocycles. The van der Waals surface area contributed by atoms with Crippen LogP contribution in [0.5, 0.6) is 0 Å². The molecule has 0 aromatic heterocycles. The lowest BCUT2D eigenvalue weighted by Crippen LogP contribution is -2.40. The summed E-state index contributed by atoms with van der Waals surface area (Å²) in [6.45, 7) is 13.2. The molecule has 1 heterocycles. The van der Waals surface area contributed by atoms with E-state index in [2.05, 4.69) is 29.4 Å². The summed E-state index contributed by atoms with van der Waals surface area (Å²) in [5.74, 6) is 1.27. The van der Waals surface area contributed by atoms with Crippen LogP contribution in [0, 0.1) is 18.7 Å². The van der Waals surface area contributed by atoms with Crippen molar-refractivity contribution in [1.29, 1.82) is 0 Å². The Bertz CT molecular complexity index is 573. The number of likely N-dealkylation sites (tertiary alicyclic amines) is 1. The van der Waals surface area contributed by atoms with Gasteiger partial charge in [-0.2, -0.15) is 0 Å². The maximum Gasteiger partial charge on any atom is 0.191 e. The number of nitrogens with one attached hydrogen (secondary N) is 2. The van der Waals surface area contributed by atoms with E-state index in [1.165, 1.54) is 19.4 Å². The van der Waals surface area contributed by atoms with E-state index in [1.807, 2.05) is 19.1 Å². The second-order valence-electron chi connectivity index (χ2n) is 7.00. The van der Waals surface area contributed by atoms with Gasteiger partial charge in [-0.05, 0) is 69.8 Å². The van der Waals surface area contributed by atoms with Gasteiger partial charge in [0.15, 0.2) is 5.96 Å². The van der Waals surface area contributed by atoms with E-state index in [9.17, 15) is 4.39 Å². The Morgan fingerprint density at radius 2 is 2.20 bits per heavy atom. The molecule has 1 saturated heterocycles. The van der Waals surface area contributed by atoms with Crippen molar-refractivity contribution in [2.24, 2.45) is 10.9 Å². The summed E-state index contributed by atoms with van der Waals surface area (Å²) in [4.78, 5) is 7.29. The molecule has 2 atom stereocenters. The van der Waals surface area contributed by atoms with Gasteiger partial charge in [-0.25, -0.2) is 4.39 Å². The first-order chi connectivity index (χ1) is 12.0. The molecule has 0 amide bonds. The normalized spacial score (nSPS) is 20.4. The lowest BCUT2D eigenvalue weighted by molar-refractivity contribution is 0.186. The molecule has 1 aliphatic rings. The maximum absolute atomic E-state index is 13.8. The highest BCUT2D eigenvalue weighted by Gasteiger charge is 2.18. The van der Waals surface area contributed by atoms with E-state index in [0.29, 0.717) is 11.5 Å². The van der Waals surface area contributed by atoms with Gasteiger partial charge in [-0.1, -0.05) is 19.1 Å². The smallest absolute Gasteiger partial charge is 0.191 e. The van der Waals surface area contributed by atoms with Crippen molar-refractivity contribution in [3.8, 4) is 0 Å². The van der Waals surface area contributed by atoms with Gasteiger partial charge < -0.3 is 15.5 Å². The minimum Gasteiger partial charge on any atom is -0.357 e. The molecule has 4 nitrogen and oxygen atoms in total. The zero-order valence-corrected chi connectivity index (χ0v) is 16.1. The van der Waals surface area contributed by atoms with Gasteiger partial charge in [0.05, 0.1) is 6.04 Å². The van der Waals surface area contributed by atoms with Gasteiger partial charge in [-0.3, -0.25) is 4.99 Å². The molecule has 1 aromatic rings. The fraction of sp³-hybridized carbons (Fsp3) is 0.650. The number of guanidine groups is 1. The number of hydrogen-bond acceptors (Lipinski definition) is 2. The van der Waals surface area contributed by atoms with Crippen LogP contribution in [0.2, 0.25) is 0 Å². The minimum absolute atomic E-state index is 0.00592. The number of piperidine rings is 1. The predicted molar refractivity (Wildman–Crippen MR) is 104 cm³/mol. The van der Waals surface area contributed by atoms with Crippen LogP contribution in [0.3, 0.4) is 0 Å². The third-order valence-corrected chi connectivity index (χ3v) is 4.95. The van der Waals surface area contributed by atoms with Gasteiger partial charge in [0.25, 0.3) is 0 Å². The van der Waals surface area contributed by atoms with Gasteiger partial charge in [0, 0.05) is 19.6 Å². The average molecular weight is 349 g/mol. The number of aryl methyl sites for hydroxylation is 1. The Balaban J connectivity index is 1.97. The topological polar surface area (TPSA) is 39.7 Å². The van der Waals surface area contributed by atoms with Crippen LogP contribution in [0.25, 0.3) is 0 Å². The zero-order valence-electron chi connectivity index (χ0n) is 16.1. The Morgan fingerprint density at radius 1 is 1.40 bits per heavy atom. The summed E-state index contributed by atoms with van der Waals surface area (Å²) in [6, 6.07) is 5.41. The highest BCUT2D eigenvalue weighted by molar-refractivity contribution is 5.80. The molecule has 140 valence electrons. The van der Waals surface area contributed by atoms with Crippen LogP contribution >= 0.6 is 0 Å². The van der Waals surface area contributed by atoms with Crippen molar-refractivity contribution in [2.75, 3.05) is 32.7 Å². The molecule has 0 aliphatic carbocycles. The summed E-state index contributed by atoms with van der Waals surface area (Å²) in [5.41, 5.74) is 1.61. The van der Waals surface area contributed by atoms with E-state index < -0.39 is 0 Å². The molecule has 0 radical (unpaired) electrons. The Hall–Kier alpha value is -1.62. The van der Waals surface area contributed by atoms with Crippen molar-refractivity contribution >= 4 is 5.96 Å². The average Bonchev–Trinajstić information content (AvgIpc) is 2.62. The van der Waals surface area contributed by atoms with Crippen LogP contribution in [-0.2, 0) is 0 Å². The molecule has 25 heavy (non-hydrogen) atoms. The van der Waals surface area contributed by atoms with E-state index in [0.717, 1.165) is 37.7 Å². The lowest BCUT2D eigenvalue weighted by atomic mass is 9.98. The van der Waals surface area contributed by atoms with Crippen LogP contribution in [0.4, 0.5) is 4.39 Å². The number of hydrogen-bond donors (Lipinski definition) is 2. The molecular formula is C20H33FN4. The predicted octanol–water partition coefficient (Wildman–Crippen LogP) is 3.48. The fourth-order valence-corrected chi connectivity index (χ4v) is 3.29. The summed E-state index contributed by atoms with van der Waals surface area (Å²) < 4.78 is 13.8. The molecule has 0 spiro atoms. The van der Waals surface area contributed by atoms with Crippen LogP contribution < -0.4 is 10.6 Å². The molecule has 1 fully saturated rings. The fourth-order valence-electron chi connectivity index (χ4n) is 3.29. The molecule has 0 bridgehead atoms. The van der Waals surface area contributed by atoms with Crippen molar-refractivity contribution < 1.29 is 4.39 Å². The zero-order chi connectivity index (χ0) is 18.2. The summed E-state index contributed by atoms with van der Waals surface area (Å²) >= 11 is 0. The molecule has 5 heteroatoms. The first-order valence-corrected chi connectivity index (χ1v) is 9.56. The highest BCUT2D eigenvalue weighted by Crippen LogP contribution is 2.18. The molecule has 2 rings (SSSR count). The van der Waals surface area contributed by atoms with Gasteiger partial charge in [0.1, 0.15) is 5.82 Å². The van der Waals surface area contributed by atoms with Crippen LogP contribution in [-0.4, -0.2) is 43.6 Å². The maximum atomic E-state index is 13.8. The van der Waals surface area contributed by atoms with Crippen LogP contribution in [0.1, 0.15) is 50.8 Å². The molecular weight excluding hydrogens is 315 g/mol. The number of aliphatic imine (C=N–C) groups is 1. The number of benzene rings is 1. The number of halogens is 1. The Morgan fingerprint density at radius 3 is 2.88 bits per heavy atom. The third kappa shape index (κ3) is 5.99. The van der Waals surface area contributed by atoms with Gasteiger partial charge in [0.2, 0.25) is 0 Å². The summed E-state index contributed by atoms with van der Waals surface area (Å²) in [7, 11) is 0. The quantitative estimate of drug-likeness (QED) is 0.611. The third-order valence-electron chi connectivity index (χ3n) is 4.95. The van der Waals surface area contributed by atoms with Gasteiger partial charge >= 0.3 is 0 Å². The Labute approximate surface area is 151 Å². The van der Waals surface area contributed by atoms with E-state index in [-0.39, 0.29) is 11.9 Å². The molecule has 2 unspecified atom stereocenters. The first kappa shape index (κ1) is 19.7. The number of rotatable bonds is 6. The second kappa shape index (κ2) is 9.76. The van der Waals surface area contributed by atoms with Crippen molar-refractivity contribution in [3.63, 3.8) is 0 Å². The molecule has 2 N–H and O–H groups in total. The molecule has 1 aliphatic heterocycles. The van der Waals surface area contributed by atoms with Crippen LogP contribution in [0.15, 0.2) is 23.2 Å². The monoisotopic (exact) mass is 348 g/mol. The minimum atomic E-state index is -0.157. The van der Waals surface area contributed by atoms with E-state index >= 15 is 0 Å². The van der Waals surface area contributed by atoms with Crippen molar-refractivity contribution in [2.45, 2.75) is 46.6 Å². The Kier molecular flexibility index (Phi) is 7.69. The summed E-state index contributed by atoms with van der Waals surface area (Å²) in [6.07, 6.45) is 2.51. The lowest BCUT2D eigenvalue weighted by Gasteiger charge is -2.31.